The maximum Gasteiger partial charge on any atom is 0.305 e. The van der Waals surface area contributed by atoms with E-state index in [1.807, 2.05) is 6.07 Å². The standard InChI is InChI=1S/C19H21NO6S/c1-24-14-5-7-27-18(14)19(23)20-6-4-11-8-15(25-2)16(26-3)9-12(11)13(20)10-17(21)22/h5,7-9,13H,4,6,10H2,1-3H3,(H,21,22). The van der Waals surface area contributed by atoms with E-state index in [-0.39, 0.29) is 12.3 Å². The average Bonchev–Trinajstić information content (AvgIpc) is 3.15. The predicted octanol–water partition coefficient (Wildman–Crippen LogP) is 2.99. The van der Waals surface area contributed by atoms with Crippen LogP contribution in [-0.4, -0.2) is 49.8 Å². The minimum atomic E-state index is -0.974. The molecule has 1 atom stereocenters. The summed E-state index contributed by atoms with van der Waals surface area (Å²) in [4.78, 5) is 26.7. The predicted molar refractivity (Wildman–Crippen MR) is 100 cm³/mol. The van der Waals surface area contributed by atoms with Crippen molar-refractivity contribution in [2.24, 2.45) is 0 Å². The summed E-state index contributed by atoms with van der Waals surface area (Å²) in [5.74, 6) is 0.393. The zero-order valence-electron chi connectivity index (χ0n) is 15.4. The van der Waals surface area contributed by atoms with Crippen LogP contribution >= 0.6 is 11.3 Å². The van der Waals surface area contributed by atoms with Gasteiger partial charge in [-0.05, 0) is 41.1 Å². The van der Waals surface area contributed by atoms with Crippen molar-refractivity contribution in [1.29, 1.82) is 0 Å². The second-order valence-corrected chi connectivity index (χ2v) is 7.00. The molecule has 1 aliphatic heterocycles. The van der Waals surface area contributed by atoms with Crippen LogP contribution < -0.4 is 14.2 Å². The third-order valence-electron chi connectivity index (χ3n) is 4.67. The van der Waals surface area contributed by atoms with Crippen molar-refractivity contribution in [2.45, 2.75) is 18.9 Å². The van der Waals surface area contributed by atoms with Crippen LogP contribution in [0, 0.1) is 0 Å². The molecule has 0 saturated carbocycles. The fourth-order valence-corrected chi connectivity index (χ4v) is 4.21. The summed E-state index contributed by atoms with van der Waals surface area (Å²) in [6.45, 7) is 0.417. The van der Waals surface area contributed by atoms with Crippen LogP contribution in [0.4, 0.5) is 0 Å². The van der Waals surface area contributed by atoms with Gasteiger partial charge >= 0.3 is 5.97 Å². The molecule has 2 aromatic rings. The maximum atomic E-state index is 13.1. The van der Waals surface area contributed by atoms with E-state index < -0.39 is 12.0 Å². The van der Waals surface area contributed by atoms with E-state index in [9.17, 15) is 14.7 Å². The molecular weight excluding hydrogens is 370 g/mol. The number of hydrogen-bond donors (Lipinski definition) is 1. The van der Waals surface area contributed by atoms with Crippen LogP contribution in [0.5, 0.6) is 17.2 Å². The van der Waals surface area contributed by atoms with Gasteiger partial charge in [0.15, 0.2) is 11.5 Å². The molecule has 1 aliphatic rings. The molecule has 1 amide bonds. The Labute approximate surface area is 161 Å². The summed E-state index contributed by atoms with van der Waals surface area (Å²) in [5.41, 5.74) is 1.73. The highest BCUT2D eigenvalue weighted by atomic mass is 32.1. The van der Waals surface area contributed by atoms with E-state index in [0.717, 1.165) is 11.1 Å². The number of carbonyl (C=O) groups excluding carboxylic acids is 1. The van der Waals surface area contributed by atoms with Crippen molar-refractivity contribution in [3.05, 3.63) is 39.6 Å². The number of benzene rings is 1. The van der Waals surface area contributed by atoms with Gasteiger partial charge in [0.2, 0.25) is 0 Å². The molecule has 3 rings (SSSR count). The fourth-order valence-electron chi connectivity index (χ4n) is 3.40. The summed E-state index contributed by atoms with van der Waals surface area (Å²) >= 11 is 1.28. The number of amides is 1. The molecule has 0 saturated heterocycles. The second kappa shape index (κ2) is 7.87. The number of carboxylic acid groups (broad SMARTS) is 1. The number of rotatable bonds is 6. The van der Waals surface area contributed by atoms with E-state index >= 15 is 0 Å². The Bertz CT molecular complexity index is 862. The number of aliphatic carboxylic acids is 1. The first-order valence-corrected chi connectivity index (χ1v) is 9.27. The molecule has 0 aliphatic carbocycles. The quantitative estimate of drug-likeness (QED) is 0.815. The van der Waals surface area contributed by atoms with Gasteiger partial charge in [-0.3, -0.25) is 9.59 Å². The molecule has 1 N–H and O–H groups in total. The summed E-state index contributed by atoms with van der Waals surface area (Å²) in [6, 6.07) is 4.77. The molecule has 0 spiro atoms. The van der Waals surface area contributed by atoms with Crippen molar-refractivity contribution in [1.82, 2.24) is 4.90 Å². The molecule has 27 heavy (non-hydrogen) atoms. The van der Waals surface area contributed by atoms with Crippen molar-refractivity contribution < 1.29 is 28.9 Å². The van der Waals surface area contributed by atoms with E-state index in [1.54, 1.807) is 29.5 Å². The maximum absolute atomic E-state index is 13.1. The zero-order valence-corrected chi connectivity index (χ0v) is 16.2. The number of nitrogens with zero attached hydrogens (tertiary/aromatic N) is 1. The first-order chi connectivity index (χ1) is 13.0. The molecule has 8 heteroatoms. The Kier molecular flexibility index (Phi) is 5.55. The molecule has 0 radical (unpaired) electrons. The number of ether oxygens (including phenoxy) is 3. The average molecular weight is 391 g/mol. The lowest BCUT2D eigenvalue weighted by Crippen LogP contribution is -2.40. The van der Waals surface area contributed by atoms with Crippen molar-refractivity contribution >= 4 is 23.2 Å². The topological polar surface area (TPSA) is 85.3 Å². The lowest BCUT2D eigenvalue weighted by molar-refractivity contribution is -0.138. The third-order valence-corrected chi connectivity index (χ3v) is 5.56. The minimum absolute atomic E-state index is 0.193. The molecule has 1 unspecified atom stereocenters. The Hall–Kier alpha value is -2.74. The molecule has 2 heterocycles. The van der Waals surface area contributed by atoms with Crippen molar-refractivity contribution in [2.75, 3.05) is 27.9 Å². The van der Waals surface area contributed by atoms with Crippen LogP contribution in [0.2, 0.25) is 0 Å². The molecule has 1 aromatic carbocycles. The van der Waals surface area contributed by atoms with Gasteiger partial charge in [0, 0.05) is 6.54 Å². The Morgan fingerprint density at radius 3 is 2.44 bits per heavy atom. The van der Waals surface area contributed by atoms with Gasteiger partial charge in [0.1, 0.15) is 10.6 Å². The Morgan fingerprint density at radius 2 is 1.81 bits per heavy atom. The largest absolute Gasteiger partial charge is 0.495 e. The smallest absolute Gasteiger partial charge is 0.305 e. The molecule has 0 fully saturated rings. The normalized spacial score (nSPS) is 15.8. The molecular formula is C19H21NO6S. The van der Waals surface area contributed by atoms with Crippen LogP contribution in [0.3, 0.4) is 0 Å². The van der Waals surface area contributed by atoms with Gasteiger partial charge in [0.25, 0.3) is 5.91 Å². The molecule has 144 valence electrons. The number of carboxylic acids is 1. The molecule has 7 nitrogen and oxygen atoms in total. The van der Waals surface area contributed by atoms with Crippen LogP contribution in [0.1, 0.15) is 33.3 Å². The first kappa shape index (κ1) is 19.0. The minimum Gasteiger partial charge on any atom is -0.495 e. The number of fused-ring (bicyclic) bond motifs is 1. The highest BCUT2D eigenvalue weighted by Crippen LogP contribution is 2.41. The zero-order chi connectivity index (χ0) is 19.6. The fraction of sp³-hybridized carbons (Fsp3) is 0.368. The third kappa shape index (κ3) is 3.57. The second-order valence-electron chi connectivity index (χ2n) is 6.09. The number of methoxy groups -OCH3 is 3. The monoisotopic (exact) mass is 391 g/mol. The summed E-state index contributed by atoms with van der Waals surface area (Å²) in [6.07, 6.45) is 0.410. The van der Waals surface area contributed by atoms with Gasteiger partial charge in [-0.2, -0.15) is 0 Å². The number of hydrogen-bond acceptors (Lipinski definition) is 6. The summed E-state index contributed by atoms with van der Waals surface area (Å²) < 4.78 is 16.0. The molecule has 1 aromatic heterocycles. The molecule has 0 bridgehead atoms. The van der Waals surface area contributed by atoms with E-state index in [4.69, 9.17) is 14.2 Å². The van der Waals surface area contributed by atoms with E-state index in [1.165, 1.54) is 25.6 Å². The first-order valence-electron chi connectivity index (χ1n) is 8.39. The van der Waals surface area contributed by atoms with Crippen LogP contribution in [0.15, 0.2) is 23.6 Å². The number of carbonyl (C=O) groups is 2. The highest BCUT2D eigenvalue weighted by Gasteiger charge is 2.35. The number of thiophene rings is 1. The van der Waals surface area contributed by atoms with E-state index in [0.29, 0.717) is 35.1 Å². The van der Waals surface area contributed by atoms with Crippen molar-refractivity contribution in [3.8, 4) is 17.2 Å². The van der Waals surface area contributed by atoms with Gasteiger partial charge < -0.3 is 24.2 Å². The van der Waals surface area contributed by atoms with Crippen LogP contribution in [0.25, 0.3) is 0 Å². The summed E-state index contributed by atoms with van der Waals surface area (Å²) in [5, 5.41) is 11.2. The SMILES string of the molecule is COc1cc2c(cc1OC)C(CC(=O)O)N(C(=O)c1sccc1OC)CC2. The van der Waals surface area contributed by atoms with Gasteiger partial charge in [-0.15, -0.1) is 11.3 Å². The van der Waals surface area contributed by atoms with Gasteiger partial charge in [-0.1, -0.05) is 0 Å². The van der Waals surface area contributed by atoms with Gasteiger partial charge in [-0.25, -0.2) is 0 Å². The summed E-state index contributed by atoms with van der Waals surface area (Å²) in [7, 11) is 4.59. The Morgan fingerprint density at radius 1 is 1.15 bits per heavy atom. The lowest BCUT2D eigenvalue weighted by atomic mass is 9.89. The highest BCUT2D eigenvalue weighted by molar-refractivity contribution is 7.12. The Balaban J connectivity index is 2.04. The lowest BCUT2D eigenvalue weighted by Gasteiger charge is -2.37. The van der Waals surface area contributed by atoms with Gasteiger partial charge in [0.05, 0.1) is 33.8 Å². The van der Waals surface area contributed by atoms with E-state index in [2.05, 4.69) is 0 Å². The van der Waals surface area contributed by atoms with Crippen molar-refractivity contribution in [3.63, 3.8) is 0 Å². The van der Waals surface area contributed by atoms with Crippen LogP contribution in [-0.2, 0) is 11.2 Å².